The van der Waals surface area contributed by atoms with Gasteiger partial charge in [-0.2, -0.15) is 0 Å². The summed E-state index contributed by atoms with van der Waals surface area (Å²) in [6.45, 7) is 3.90. The first-order valence-electron chi connectivity index (χ1n) is 6.77. The minimum absolute atomic E-state index is 0.152. The van der Waals surface area contributed by atoms with E-state index in [1.165, 1.54) is 39.2 Å². The molecule has 0 aromatic rings. The maximum Gasteiger partial charge on any atom is 0.341 e. The van der Waals surface area contributed by atoms with Gasteiger partial charge in [0.15, 0.2) is 0 Å². The molecular formula is C15H22O3. The van der Waals surface area contributed by atoms with Crippen molar-refractivity contribution in [2.24, 2.45) is 5.92 Å². The zero-order valence-corrected chi connectivity index (χ0v) is 11.5. The quantitative estimate of drug-likeness (QED) is 0.705. The average molecular weight is 250 g/mol. The predicted octanol–water partition coefficient (Wildman–Crippen LogP) is 3.36. The number of carbonyl (C=O) groups is 1. The van der Waals surface area contributed by atoms with Crippen LogP contribution in [-0.4, -0.2) is 19.2 Å². The minimum atomic E-state index is -0.311. The Bertz CT molecular complexity index is 387. The summed E-state index contributed by atoms with van der Waals surface area (Å²) in [6.07, 6.45) is 8.49. The molecule has 1 aliphatic carbocycles. The van der Waals surface area contributed by atoms with Crippen molar-refractivity contribution in [3.63, 3.8) is 0 Å². The maximum absolute atomic E-state index is 11.6. The van der Waals surface area contributed by atoms with Crippen LogP contribution in [0.2, 0.25) is 0 Å². The van der Waals surface area contributed by atoms with Gasteiger partial charge in [-0.3, -0.25) is 0 Å². The molecule has 0 radical (unpaired) electrons. The summed E-state index contributed by atoms with van der Waals surface area (Å²) in [7, 11) is 1.40. The van der Waals surface area contributed by atoms with Crippen LogP contribution in [0.1, 0.15) is 46.0 Å². The molecule has 18 heavy (non-hydrogen) atoms. The lowest BCUT2D eigenvalue weighted by molar-refractivity contribution is -0.136. The van der Waals surface area contributed by atoms with E-state index in [0.29, 0.717) is 17.3 Å². The first-order chi connectivity index (χ1) is 8.63. The van der Waals surface area contributed by atoms with Crippen LogP contribution in [0.25, 0.3) is 0 Å². The van der Waals surface area contributed by atoms with Crippen LogP contribution in [0.4, 0.5) is 0 Å². The fourth-order valence-corrected chi connectivity index (χ4v) is 2.98. The summed E-state index contributed by atoms with van der Waals surface area (Å²) in [5.74, 6) is 0.987. The van der Waals surface area contributed by atoms with E-state index in [1.807, 2.05) is 13.0 Å². The van der Waals surface area contributed by atoms with Crippen molar-refractivity contribution >= 4 is 5.97 Å². The minimum Gasteiger partial charge on any atom is -0.490 e. The van der Waals surface area contributed by atoms with Gasteiger partial charge in [-0.15, -0.1) is 0 Å². The largest absolute Gasteiger partial charge is 0.490 e. The monoisotopic (exact) mass is 250 g/mol. The van der Waals surface area contributed by atoms with Crippen LogP contribution >= 0.6 is 0 Å². The van der Waals surface area contributed by atoms with Crippen molar-refractivity contribution in [1.82, 2.24) is 0 Å². The Kier molecular flexibility index (Phi) is 4.10. The molecule has 0 saturated heterocycles. The molecule has 0 spiro atoms. The molecule has 1 heterocycles. The Labute approximate surface area is 109 Å². The molecule has 2 aliphatic rings. The second kappa shape index (κ2) is 5.59. The maximum atomic E-state index is 11.6. The Morgan fingerprint density at radius 2 is 1.94 bits per heavy atom. The molecule has 1 atom stereocenters. The van der Waals surface area contributed by atoms with E-state index >= 15 is 0 Å². The molecular weight excluding hydrogens is 228 g/mol. The molecule has 100 valence electrons. The summed E-state index contributed by atoms with van der Waals surface area (Å²) in [5.41, 5.74) is 1.70. The SMILES string of the molecule is COC(=O)C1=C(C)OC(C2CCCCC2)C(C)=C1. The third kappa shape index (κ3) is 2.60. The normalized spacial score (nSPS) is 25.5. The Morgan fingerprint density at radius 1 is 1.28 bits per heavy atom. The fourth-order valence-electron chi connectivity index (χ4n) is 2.98. The van der Waals surface area contributed by atoms with Gasteiger partial charge in [0.25, 0.3) is 0 Å². The Morgan fingerprint density at radius 3 is 2.56 bits per heavy atom. The first kappa shape index (κ1) is 13.2. The third-order valence-electron chi connectivity index (χ3n) is 3.99. The molecule has 3 heteroatoms. The van der Waals surface area contributed by atoms with Gasteiger partial charge in [0.05, 0.1) is 12.7 Å². The van der Waals surface area contributed by atoms with Gasteiger partial charge in [-0.1, -0.05) is 19.3 Å². The lowest BCUT2D eigenvalue weighted by Crippen LogP contribution is -2.30. The molecule has 0 aromatic heterocycles. The van der Waals surface area contributed by atoms with Gasteiger partial charge in [0.2, 0.25) is 0 Å². The van der Waals surface area contributed by atoms with Gasteiger partial charge in [0, 0.05) is 0 Å². The van der Waals surface area contributed by atoms with Crippen molar-refractivity contribution in [1.29, 1.82) is 0 Å². The van der Waals surface area contributed by atoms with Crippen LogP contribution in [-0.2, 0) is 14.3 Å². The van der Waals surface area contributed by atoms with E-state index in [9.17, 15) is 4.79 Å². The standard InChI is InChI=1S/C15H22O3/c1-10-9-13(15(16)17-3)11(2)18-14(10)12-7-5-4-6-8-12/h9,12,14H,4-8H2,1-3H3. The average Bonchev–Trinajstić information content (AvgIpc) is 2.41. The number of hydrogen-bond donors (Lipinski definition) is 0. The zero-order chi connectivity index (χ0) is 13.1. The van der Waals surface area contributed by atoms with Crippen molar-refractivity contribution < 1.29 is 14.3 Å². The number of esters is 1. The molecule has 1 aliphatic heterocycles. The van der Waals surface area contributed by atoms with E-state index in [4.69, 9.17) is 9.47 Å². The van der Waals surface area contributed by atoms with Gasteiger partial charge in [-0.05, 0) is 44.3 Å². The molecule has 0 aromatic carbocycles. The topological polar surface area (TPSA) is 35.5 Å². The molecule has 3 nitrogen and oxygen atoms in total. The summed E-state index contributed by atoms with van der Waals surface area (Å²) in [4.78, 5) is 11.6. The van der Waals surface area contributed by atoms with Gasteiger partial charge in [0.1, 0.15) is 11.9 Å². The van der Waals surface area contributed by atoms with Crippen LogP contribution in [0, 0.1) is 5.92 Å². The summed E-state index contributed by atoms with van der Waals surface area (Å²) in [6, 6.07) is 0. The first-order valence-corrected chi connectivity index (χ1v) is 6.77. The predicted molar refractivity (Wildman–Crippen MR) is 69.9 cm³/mol. The zero-order valence-electron chi connectivity index (χ0n) is 11.5. The second-order valence-electron chi connectivity index (χ2n) is 5.29. The van der Waals surface area contributed by atoms with Crippen LogP contribution in [0.5, 0.6) is 0 Å². The van der Waals surface area contributed by atoms with E-state index in [0.717, 1.165) is 5.57 Å². The van der Waals surface area contributed by atoms with E-state index < -0.39 is 0 Å². The van der Waals surface area contributed by atoms with Gasteiger partial charge in [-0.25, -0.2) is 4.79 Å². The van der Waals surface area contributed by atoms with E-state index in [-0.39, 0.29) is 12.1 Å². The molecule has 0 bridgehead atoms. The van der Waals surface area contributed by atoms with Crippen LogP contribution in [0.15, 0.2) is 23.0 Å². The number of carbonyl (C=O) groups excluding carboxylic acids is 1. The highest BCUT2D eigenvalue weighted by atomic mass is 16.5. The van der Waals surface area contributed by atoms with Gasteiger partial charge >= 0.3 is 5.97 Å². The highest BCUT2D eigenvalue weighted by Crippen LogP contribution is 2.35. The summed E-state index contributed by atoms with van der Waals surface area (Å²) < 4.78 is 10.8. The molecule has 0 amide bonds. The number of ether oxygens (including phenoxy) is 2. The molecule has 1 saturated carbocycles. The lowest BCUT2D eigenvalue weighted by atomic mass is 9.81. The summed E-state index contributed by atoms with van der Waals surface area (Å²) in [5, 5.41) is 0. The third-order valence-corrected chi connectivity index (χ3v) is 3.99. The Balaban J connectivity index is 2.13. The Hall–Kier alpha value is -1.25. The molecule has 1 unspecified atom stereocenters. The van der Waals surface area contributed by atoms with Crippen molar-refractivity contribution in [3.05, 3.63) is 23.0 Å². The molecule has 0 N–H and O–H groups in total. The number of allylic oxidation sites excluding steroid dienone is 1. The van der Waals surface area contributed by atoms with Crippen LogP contribution in [0.3, 0.4) is 0 Å². The number of rotatable bonds is 2. The number of methoxy groups -OCH3 is 1. The van der Waals surface area contributed by atoms with E-state index in [2.05, 4.69) is 6.92 Å². The summed E-state index contributed by atoms with van der Waals surface area (Å²) >= 11 is 0. The van der Waals surface area contributed by atoms with Gasteiger partial charge < -0.3 is 9.47 Å². The van der Waals surface area contributed by atoms with E-state index in [1.54, 1.807) is 0 Å². The number of hydrogen-bond acceptors (Lipinski definition) is 3. The molecule has 1 fully saturated rings. The van der Waals surface area contributed by atoms with Crippen molar-refractivity contribution in [3.8, 4) is 0 Å². The highest BCUT2D eigenvalue weighted by molar-refractivity contribution is 5.92. The smallest absolute Gasteiger partial charge is 0.341 e. The van der Waals surface area contributed by atoms with Crippen molar-refractivity contribution in [2.75, 3.05) is 7.11 Å². The second-order valence-corrected chi connectivity index (χ2v) is 5.29. The lowest BCUT2D eigenvalue weighted by Gasteiger charge is -2.34. The van der Waals surface area contributed by atoms with Crippen molar-refractivity contribution in [2.45, 2.75) is 52.1 Å². The fraction of sp³-hybridized carbons (Fsp3) is 0.667. The van der Waals surface area contributed by atoms with Crippen LogP contribution < -0.4 is 0 Å². The highest BCUT2D eigenvalue weighted by Gasteiger charge is 2.31. The molecule has 2 rings (SSSR count).